The fourth-order valence-electron chi connectivity index (χ4n) is 4.33. The third-order valence-corrected chi connectivity index (χ3v) is 5.50. The number of hydrogen-bond acceptors (Lipinski definition) is 5. The lowest BCUT2D eigenvalue weighted by Crippen LogP contribution is -2.45. The van der Waals surface area contributed by atoms with Crippen LogP contribution in [0.1, 0.15) is 24.7 Å². The molecule has 2 aromatic heterocycles. The highest BCUT2D eigenvalue weighted by Gasteiger charge is 2.28. The number of aromatic nitrogens is 3. The predicted molar refractivity (Wildman–Crippen MR) is 103 cm³/mol. The molecule has 6 nitrogen and oxygen atoms in total. The van der Waals surface area contributed by atoms with E-state index in [1.807, 2.05) is 42.6 Å². The second kappa shape index (κ2) is 6.85. The number of benzene rings is 1. The Morgan fingerprint density at radius 3 is 2.96 bits per heavy atom. The maximum Gasteiger partial charge on any atom is 0.161 e. The highest BCUT2D eigenvalue weighted by Crippen LogP contribution is 2.32. The topological polar surface area (TPSA) is 52.4 Å². The number of hydrogen-bond donors (Lipinski definition) is 0. The number of pyridine rings is 1. The number of rotatable bonds is 3. The van der Waals surface area contributed by atoms with Crippen LogP contribution in [0.5, 0.6) is 11.5 Å². The lowest BCUT2D eigenvalue weighted by molar-refractivity contribution is 0.0462. The second-order valence-corrected chi connectivity index (χ2v) is 7.43. The first-order valence-electron chi connectivity index (χ1n) is 9.68. The van der Waals surface area contributed by atoms with Crippen LogP contribution in [0.2, 0.25) is 0 Å². The van der Waals surface area contributed by atoms with E-state index in [4.69, 9.17) is 14.5 Å². The highest BCUT2D eigenvalue weighted by atomic mass is 16.6. The van der Waals surface area contributed by atoms with Crippen molar-refractivity contribution in [2.45, 2.75) is 31.9 Å². The van der Waals surface area contributed by atoms with Crippen molar-refractivity contribution < 1.29 is 9.47 Å². The Hall–Kier alpha value is -2.60. The molecule has 1 fully saturated rings. The van der Waals surface area contributed by atoms with Gasteiger partial charge in [0, 0.05) is 25.3 Å². The van der Waals surface area contributed by atoms with Crippen molar-refractivity contribution in [3.8, 4) is 11.5 Å². The predicted octanol–water partition coefficient (Wildman–Crippen LogP) is 3.22. The van der Waals surface area contributed by atoms with Crippen molar-refractivity contribution in [3.05, 3.63) is 48.4 Å². The fourth-order valence-corrected chi connectivity index (χ4v) is 4.33. The van der Waals surface area contributed by atoms with Gasteiger partial charge in [-0.25, -0.2) is 9.97 Å². The van der Waals surface area contributed by atoms with E-state index in [9.17, 15) is 0 Å². The molecule has 0 saturated carbocycles. The standard InChI is InChI=1S/C21H24N4O2/c1-15-23-18-7-4-10-22-21(18)25(15)16-6-5-11-24(12-16)13-17-14-26-19-8-2-3-9-20(19)27-17/h2-4,7-10,16-17H,5-6,11-14H2,1H3/t16-,17-/m0/s1. The smallest absolute Gasteiger partial charge is 0.161 e. The highest BCUT2D eigenvalue weighted by molar-refractivity contribution is 5.71. The molecule has 6 heteroatoms. The van der Waals surface area contributed by atoms with Gasteiger partial charge in [0.2, 0.25) is 0 Å². The molecule has 0 N–H and O–H groups in total. The Morgan fingerprint density at radius 2 is 2.04 bits per heavy atom. The minimum Gasteiger partial charge on any atom is -0.486 e. The number of likely N-dealkylation sites (tertiary alicyclic amines) is 1. The Bertz CT molecular complexity index is 954. The molecule has 0 radical (unpaired) electrons. The first-order valence-corrected chi connectivity index (χ1v) is 9.68. The zero-order valence-electron chi connectivity index (χ0n) is 15.5. The molecular weight excluding hydrogens is 340 g/mol. The van der Waals surface area contributed by atoms with Crippen LogP contribution in [0.3, 0.4) is 0 Å². The number of nitrogens with zero attached hydrogens (tertiary/aromatic N) is 4. The summed E-state index contributed by atoms with van der Waals surface area (Å²) in [5, 5.41) is 0. The molecule has 4 heterocycles. The summed E-state index contributed by atoms with van der Waals surface area (Å²) in [4.78, 5) is 11.8. The van der Waals surface area contributed by atoms with E-state index in [0.717, 1.165) is 54.5 Å². The SMILES string of the molecule is Cc1nc2cccnc2n1[C@H]1CCCN(C[C@H]2COc3ccccc3O2)C1. The van der Waals surface area contributed by atoms with Crippen LogP contribution in [-0.2, 0) is 0 Å². The molecule has 0 amide bonds. The van der Waals surface area contributed by atoms with E-state index in [1.54, 1.807) is 0 Å². The van der Waals surface area contributed by atoms with Crippen molar-refractivity contribution in [1.82, 2.24) is 19.4 Å². The maximum atomic E-state index is 6.16. The Kier molecular flexibility index (Phi) is 4.20. The number of para-hydroxylation sites is 2. The molecular formula is C21H24N4O2. The van der Waals surface area contributed by atoms with Crippen LogP contribution < -0.4 is 9.47 Å². The van der Waals surface area contributed by atoms with Crippen LogP contribution in [0.4, 0.5) is 0 Å². The quantitative estimate of drug-likeness (QED) is 0.714. The summed E-state index contributed by atoms with van der Waals surface area (Å²) in [6.45, 7) is 5.65. The largest absolute Gasteiger partial charge is 0.486 e. The molecule has 2 aliphatic rings. The first-order chi connectivity index (χ1) is 13.3. The minimum atomic E-state index is 0.0670. The van der Waals surface area contributed by atoms with Gasteiger partial charge in [0.25, 0.3) is 0 Å². The molecule has 0 aliphatic carbocycles. The molecule has 2 atom stereocenters. The van der Waals surface area contributed by atoms with Gasteiger partial charge in [-0.1, -0.05) is 12.1 Å². The van der Waals surface area contributed by atoms with E-state index >= 15 is 0 Å². The summed E-state index contributed by atoms with van der Waals surface area (Å²) in [6.07, 6.45) is 4.24. The van der Waals surface area contributed by atoms with Gasteiger partial charge in [-0.15, -0.1) is 0 Å². The lowest BCUT2D eigenvalue weighted by atomic mass is 10.0. The van der Waals surface area contributed by atoms with Crippen molar-refractivity contribution >= 4 is 11.2 Å². The molecule has 3 aromatic rings. The summed E-state index contributed by atoms with van der Waals surface area (Å²) >= 11 is 0. The molecule has 5 rings (SSSR count). The van der Waals surface area contributed by atoms with E-state index < -0.39 is 0 Å². The molecule has 1 aromatic carbocycles. The summed E-state index contributed by atoms with van der Waals surface area (Å²) in [6, 6.07) is 12.3. The van der Waals surface area contributed by atoms with Crippen molar-refractivity contribution in [3.63, 3.8) is 0 Å². The summed E-state index contributed by atoms with van der Waals surface area (Å²) < 4.78 is 14.3. The molecule has 0 spiro atoms. The molecule has 27 heavy (non-hydrogen) atoms. The van der Waals surface area contributed by atoms with Crippen molar-refractivity contribution in [2.75, 3.05) is 26.2 Å². The molecule has 140 valence electrons. The van der Waals surface area contributed by atoms with Gasteiger partial charge in [-0.05, 0) is 50.6 Å². The number of ether oxygens (including phenoxy) is 2. The van der Waals surface area contributed by atoms with E-state index in [-0.39, 0.29) is 6.10 Å². The van der Waals surface area contributed by atoms with Gasteiger partial charge in [0.05, 0.1) is 0 Å². The van der Waals surface area contributed by atoms with Gasteiger partial charge in [-0.2, -0.15) is 0 Å². The monoisotopic (exact) mass is 364 g/mol. The van der Waals surface area contributed by atoms with Crippen molar-refractivity contribution in [2.24, 2.45) is 0 Å². The van der Waals surface area contributed by atoms with E-state index in [1.165, 1.54) is 6.42 Å². The lowest BCUT2D eigenvalue weighted by Gasteiger charge is -2.37. The van der Waals surface area contributed by atoms with Crippen molar-refractivity contribution in [1.29, 1.82) is 0 Å². The van der Waals surface area contributed by atoms with Crippen LogP contribution >= 0.6 is 0 Å². The van der Waals surface area contributed by atoms with Crippen LogP contribution in [-0.4, -0.2) is 51.8 Å². The van der Waals surface area contributed by atoms with Crippen LogP contribution in [0, 0.1) is 6.92 Å². The number of fused-ring (bicyclic) bond motifs is 2. The zero-order valence-corrected chi connectivity index (χ0v) is 15.5. The minimum absolute atomic E-state index is 0.0670. The van der Waals surface area contributed by atoms with Gasteiger partial charge < -0.3 is 14.0 Å². The van der Waals surface area contributed by atoms with Crippen LogP contribution in [0.25, 0.3) is 11.2 Å². The Morgan fingerprint density at radius 1 is 1.15 bits per heavy atom. The molecule has 1 saturated heterocycles. The number of aryl methyl sites for hydroxylation is 1. The first kappa shape index (κ1) is 16.6. The van der Waals surface area contributed by atoms with Crippen LogP contribution in [0.15, 0.2) is 42.6 Å². The summed E-state index contributed by atoms with van der Waals surface area (Å²) in [7, 11) is 0. The zero-order chi connectivity index (χ0) is 18.2. The summed E-state index contributed by atoms with van der Waals surface area (Å²) in [5.74, 6) is 2.74. The second-order valence-electron chi connectivity index (χ2n) is 7.43. The van der Waals surface area contributed by atoms with Gasteiger partial charge >= 0.3 is 0 Å². The average molecular weight is 364 g/mol. The molecule has 0 bridgehead atoms. The maximum absolute atomic E-state index is 6.16. The third kappa shape index (κ3) is 3.14. The number of imidazole rings is 1. The fraction of sp³-hybridized carbons (Fsp3) is 0.429. The average Bonchev–Trinajstić information content (AvgIpc) is 3.04. The van der Waals surface area contributed by atoms with Gasteiger partial charge in [0.15, 0.2) is 17.1 Å². The van der Waals surface area contributed by atoms with Gasteiger partial charge in [-0.3, -0.25) is 4.90 Å². The van der Waals surface area contributed by atoms with E-state index in [0.29, 0.717) is 12.6 Å². The molecule has 2 aliphatic heterocycles. The van der Waals surface area contributed by atoms with Gasteiger partial charge in [0.1, 0.15) is 24.1 Å². The summed E-state index contributed by atoms with van der Waals surface area (Å²) in [5.41, 5.74) is 1.97. The normalized spacial score (nSPS) is 22.9. The third-order valence-electron chi connectivity index (χ3n) is 5.50. The number of piperidine rings is 1. The Labute approximate surface area is 158 Å². The Balaban J connectivity index is 1.31. The van der Waals surface area contributed by atoms with E-state index in [2.05, 4.69) is 21.4 Å². The molecule has 0 unspecified atom stereocenters.